The summed E-state index contributed by atoms with van der Waals surface area (Å²) in [5.74, 6) is 1.13. The standard InChI is InChI=1S/C10H9Br2F/c11-5-7-3-8(7)6-1-2-9(12)10(13)4-6/h1-2,4,7-8H,3,5H2. The zero-order chi connectivity index (χ0) is 9.42. The van der Waals surface area contributed by atoms with E-state index in [9.17, 15) is 4.39 Å². The van der Waals surface area contributed by atoms with E-state index < -0.39 is 0 Å². The predicted molar refractivity (Wildman–Crippen MR) is 58.7 cm³/mol. The van der Waals surface area contributed by atoms with Crippen LogP contribution in [-0.4, -0.2) is 5.33 Å². The number of hydrogen-bond acceptors (Lipinski definition) is 0. The monoisotopic (exact) mass is 306 g/mol. The summed E-state index contributed by atoms with van der Waals surface area (Å²) < 4.78 is 13.7. The second-order valence-electron chi connectivity index (χ2n) is 3.43. The average Bonchev–Trinajstić information content (AvgIpc) is 2.88. The van der Waals surface area contributed by atoms with Crippen LogP contribution in [-0.2, 0) is 0 Å². The fraction of sp³-hybridized carbons (Fsp3) is 0.400. The molecule has 1 fully saturated rings. The molecular formula is C10H9Br2F. The second kappa shape index (κ2) is 3.70. The van der Waals surface area contributed by atoms with Gasteiger partial charge in [-0.2, -0.15) is 0 Å². The minimum Gasteiger partial charge on any atom is -0.206 e. The number of hydrogen-bond donors (Lipinski definition) is 0. The minimum atomic E-state index is -0.155. The van der Waals surface area contributed by atoms with Gasteiger partial charge in [-0.3, -0.25) is 0 Å². The van der Waals surface area contributed by atoms with Crippen molar-refractivity contribution >= 4 is 31.9 Å². The van der Waals surface area contributed by atoms with Crippen molar-refractivity contribution in [2.45, 2.75) is 12.3 Å². The molecule has 1 saturated carbocycles. The van der Waals surface area contributed by atoms with Gasteiger partial charge in [0.25, 0.3) is 0 Å². The maximum Gasteiger partial charge on any atom is 0.137 e. The average molecular weight is 308 g/mol. The first-order valence-corrected chi connectivity index (χ1v) is 6.14. The molecule has 70 valence electrons. The molecule has 0 saturated heterocycles. The lowest BCUT2D eigenvalue weighted by Crippen LogP contribution is -1.86. The highest BCUT2D eigenvalue weighted by molar-refractivity contribution is 9.10. The molecule has 0 bridgehead atoms. The van der Waals surface area contributed by atoms with Crippen LogP contribution in [0.4, 0.5) is 4.39 Å². The quantitative estimate of drug-likeness (QED) is 0.722. The molecule has 0 radical (unpaired) electrons. The van der Waals surface area contributed by atoms with Gasteiger partial charge in [0.1, 0.15) is 5.82 Å². The third-order valence-corrected chi connectivity index (χ3v) is 3.97. The summed E-state index contributed by atoms with van der Waals surface area (Å²) in [4.78, 5) is 0. The van der Waals surface area contributed by atoms with Gasteiger partial charge in [-0.15, -0.1) is 0 Å². The van der Waals surface area contributed by atoms with E-state index in [1.54, 1.807) is 12.1 Å². The third kappa shape index (κ3) is 1.96. The first-order valence-electron chi connectivity index (χ1n) is 4.23. The maximum absolute atomic E-state index is 13.1. The summed E-state index contributed by atoms with van der Waals surface area (Å²) in [5, 5.41) is 1.02. The van der Waals surface area contributed by atoms with Crippen LogP contribution in [0, 0.1) is 11.7 Å². The summed E-state index contributed by atoms with van der Waals surface area (Å²) in [7, 11) is 0. The first-order chi connectivity index (χ1) is 6.22. The molecule has 13 heavy (non-hydrogen) atoms. The predicted octanol–water partition coefficient (Wildman–Crippen LogP) is 4.09. The highest BCUT2D eigenvalue weighted by atomic mass is 79.9. The molecule has 0 N–H and O–H groups in total. The van der Waals surface area contributed by atoms with E-state index in [1.165, 1.54) is 6.42 Å². The molecule has 1 aliphatic carbocycles. The minimum absolute atomic E-state index is 0.155. The van der Waals surface area contributed by atoms with E-state index in [4.69, 9.17) is 0 Å². The molecule has 0 aliphatic heterocycles. The van der Waals surface area contributed by atoms with Crippen LogP contribution >= 0.6 is 31.9 Å². The van der Waals surface area contributed by atoms with Gasteiger partial charge < -0.3 is 0 Å². The van der Waals surface area contributed by atoms with Gasteiger partial charge in [0.15, 0.2) is 0 Å². The van der Waals surface area contributed by atoms with Gasteiger partial charge >= 0.3 is 0 Å². The lowest BCUT2D eigenvalue weighted by Gasteiger charge is -2.00. The lowest BCUT2D eigenvalue weighted by molar-refractivity contribution is 0.618. The van der Waals surface area contributed by atoms with Crippen LogP contribution in [0.15, 0.2) is 22.7 Å². The molecule has 0 amide bonds. The van der Waals surface area contributed by atoms with Crippen molar-refractivity contribution in [1.82, 2.24) is 0 Å². The van der Waals surface area contributed by atoms with Crippen LogP contribution < -0.4 is 0 Å². The topological polar surface area (TPSA) is 0 Å². The molecule has 2 atom stereocenters. The summed E-state index contributed by atoms with van der Waals surface area (Å²) in [5.41, 5.74) is 1.13. The summed E-state index contributed by atoms with van der Waals surface area (Å²) in [6.07, 6.45) is 1.19. The number of alkyl halides is 1. The molecule has 1 aromatic carbocycles. The third-order valence-electron chi connectivity index (χ3n) is 2.49. The van der Waals surface area contributed by atoms with Crippen molar-refractivity contribution < 1.29 is 4.39 Å². The van der Waals surface area contributed by atoms with E-state index in [0.29, 0.717) is 16.3 Å². The fourth-order valence-electron chi connectivity index (χ4n) is 1.57. The molecule has 1 aromatic rings. The zero-order valence-corrected chi connectivity index (χ0v) is 10.1. The second-order valence-corrected chi connectivity index (χ2v) is 4.93. The Balaban J connectivity index is 2.19. The number of rotatable bonds is 2. The Morgan fingerprint density at radius 1 is 1.46 bits per heavy atom. The molecule has 1 aliphatic rings. The van der Waals surface area contributed by atoms with Gasteiger partial charge in [0.2, 0.25) is 0 Å². The van der Waals surface area contributed by atoms with Crippen molar-refractivity contribution in [3.8, 4) is 0 Å². The van der Waals surface area contributed by atoms with Gasteiger partial charge in [0, 0.05) is 5.33 Å². The Labute approximate surface area is 93.8 Å². The fourth-order valence-corrected chi connectivity index (χ4v) is 2.53. The summed E-state index contributed by atoms with van der Waals surface area (Å²) in [6.45, 7) is 0. The molecule has 2 unspecified atom stereocenters. The molecular weight excluding hydrogens is 299 g/mol. The SMILES string of the molecule is Fc1cc(C2CC2CBr)ccc1Br. The van der Waals surface area contributed by atoms with Gasteiger partial charge in [-0.1, -0.05) is 22.0 Å². The summed E-state index contributed by atoms with van der Waals surface area (Å²) >= 11 is 6.59. The molecule has 0 spiro atoms. The van der Waals surface area contributed by atoms with Crippen molar-refractivity contribution in [3.63, 3.8) is 0 Å². The van der Waals surface area contributed by atoms with Gasteiger partial charge in [-0.25, -0.2) is 4.39 Å². The lowest BCUT2D eigenvalue weighted by atomic mass is 10.1. The van der Waals surface area contributed by atoms with Crippen molar-refractivity contribution in [2.75, 3.05) is 5.33 Å². The number of halogens is 3. The highest BCUT2D eigenvalue weighted by Gasteiger charge is 2.37. The Hall–Kier alpha value is 0.110. The van der Waals surface area contributed by atoms with Crippen LogP contribution in [0.3, 0.4) is 0 Å². The smallest absolute Gasteiger partial charge is 0.137 e. The Bertz CT molecular complexity index is 325. The van der Waals surface area contributed by atoms with Crippen molar-refractivity contribution in [2.24, 2.45) is 5.92 Å². The van der Waals surface area contributed by atoms with E-state index in [1.807, 2.05) is 6.07 Å². The zero-order valence-electron chi connectivity index (χ0n) is 6.93. The van der Waals surface area contributed by atoms with Crippen LogP contribution in [0.5, 0.6) is 0 Å². The maximum atomic E-state index is 13.1. The van der Waals surface area contributed by atoms with Crippen molar-refractivity contribution in [1.29, 1.82) is 0 Å². The van der Waals surface area contributed by atoms with E-state index in [0.717, 1.165) is 10.9 Å². The number of benzene rings is 1. The molecule has 0 heterocycles. The Morgan fingerprint density at radius 2 is 2.23 bits per heavy atom. The first kappa shape index (κ1) is 9.66. The largest absolute Gasteiger partial charge is 0.206 e. The van der Waals surface area contributed by atoms with Crippen molar-refractivity contribution in [3.05, 3.63) is 34.1 Å². The normalized spacial score (nSPS) is 26.1. The van der Waals surface area contributed by atoms with Gasteiger partial charge in [-0.05, 0) is 51.9 Å². The van der Waals surface area contributed by atoms with Crippen LogP contribution in [0.2, 0.25) is 0 Å². The molecule has 2 rings (SSSR count). The highest BCUT2D eigenvalue weighted by Crippen LogP contribution is 2.48. The van der Waals surface area contributed by atoms with Crippen LogP contribution in [0.25, 0.3) is 0 Å². The Kier molecular flexibility index (Phi) is 2.75. The molecule has 0 nitrogen and oxygen atoms in total. The van der Waals surface area contributed by atoms with E-state index in [2.05, 4.69) is 31.9 Å². The van der Waals surface area contributed by atoms with E-state index in [-0.39, 0.29) is 5.82 Å². The van der Waals surface area contributed by atoms with Crippen LogP contribution in [0.1, 0.15) is 17.9 Å². The van der Waals surface area contributed by atoms with E-state index >= 15 is 0 Å². The Morgan fingerprint density at radius 3 is 2.77 bits per heavy atom. The molecule has 0 aromatic heterocycles. The van der Waals surface area contributed by atoms with Gasteiger partial charge in [0.05, 0.1) is 4.47 Å². The summed E-state index contributed by atoms with van der Waals surface area (Å²) in [6, 6.07) is 5.42. The molecule has 3 heteroatoms.